The van der Waals surface area contributed by atoms with Gasteiger partial charge in [0.25, 0.3) is 0 Å². The standard InChI is InChI=1S/C14H24O3Si/c1-11(15)17-10-14(2)12(16-3)8-7-9-13(14)18(4,5)6/h8-9H,7,10H2,1-6H3. The lowest BCUT2D eigenvalue weighted by atomic mass is 9.84. The van der Waals surface area contributed by atoms with E-state index in [1.165, 1.54) is 12.1 Å². The average Bonchev–Trinajstić information content (AvgIpc) is 2.25. The molecule has 0 saturated heterocycles. The van der Waals surface area contributed by atoms with Crippen LogP contribution in [0.1, 0.15) is 20.3 Å². The molecule has 1 aliphatic carbocycles. The zero-order valence-corrected chi connectivity index (χ0v) is 13.3. The maximum Gasteiger partial charge on any atom is 0.302 e. The molecule has 0 saturated carbocycles. The molecule has 0 aromatic carbocycles. The summed E-state index contributed by atoms with van der Waals surface area (Å²) in [5, 5.41) is 1.40. The lowest BCUT2D eigenvalue weighted by molar-refractivity contribution is -0.143. The minimum atomic E-state index is -1.47. The average molecular weight is 268 g/mol. The van der Waals surface area contributed by atoms with E-state index < -0.39 is 8.07 Å². The van der Waals surface area contributed by atoms with Gasteiger partial charge >= 0.3 is 5.97 Å². The van der Waals surface area contributed by atoms with Gasteiger partial charge in [0.15, 0.2) is 0 Å². The van der Waals surface area contributed by atoms with Crippen molar-refractivity contribution in [3.8, 4) is 0 Å². The second kappa shape index (κ2) is 5.30. The molecule has 1 atom stereocenters. The molecule has 3 nitrogen and oxygen atoms in total. The lowest BCUT2D eigenvalue weighted by Gasteiger charge is -2.41. The van der Waals surface area contributed by atoms with Crippen molar-refractivity contribution in [3.63, 3.8) is 0 Å². The van der Waals surface area contributed by atoms with E-state index >= 15 is 0 Å². The van der Waals surface area contributed by atoms with Crippen molar-refractivity contribution < 1.29 is 14.3 Å². The largest absolute Gasteiger partial charge is 0.500 e. The van der Waals surface area contributed by atoms with Crippen molar-refractivity contribution in [2.75, 3.05) is 13.7 Å². The van der Waals surface area contributed by atoms with Crippen LogP contribution < -0.4 is 0 Å². The third-order valence-corrected chi connectivity index (χ3v) is 5.73. The monoisotopic (exact) mass is 268 g/mol. The van der Waals surface area contributed by atoms with E-state index in [9.17, 15) is 4.79 Å². The number of ether oxygens (including phenoxy) is 2. The summed E-state index contributed by atoms with van der Waals surface area (Å²) in [5.74, 6) is 0.677. The highest BCUT2D eigenvalue weighted by atomic mass is 28.3. The smallest absolute Gasteiger partial charge is 0.302 e. The molecule has 0 spiro atoms. The van der Waals surface area contributed by atoms with Crippen molar-refractivity contribution in [2.24, 2.45) is 5.41 Å². The fourth-order valence-electron chi connectivity index (χ4n) is 2.70. The number of methoxy groups -OCH3 is 1. The van der Waals surface area contributed by atoms with E-state index in [4.69, 9.17) is 9.47 Å². The van der Waals surface area contributed by atoms with Gasteiger partial charge in [-0.25, -0.2) is 0 Å². The van der Waals surface area contributed by atoms with Crippen LogP contribution in [0.3, 0.4) is 0 Å². The summed E-state index contributed by atoms with van der Waals surface area (Å²) < 4.78 is 10.8. The first kappa shape index (κ1) is 15.0. The van der Waals surface area contributed by atoms with Gasteiger partial charge in [0.2, 0.25) is 0 Å². The molecule has 0 aromatic heterocycles. The molecular weight excluding hydrogens is 244 g/mol. The Morgan fingerprint density at radius 1 is 1.39 bits per heavy atom. The summed E-state index contributed by atoms with van der Waals surface area (Å²) in [7, 11) is 0.213. The van der Waals surface area contributed by atoms with E-state index in [0.717, 1.165) is 12.2 Å². The Bertz CT molecular complexity index is 390. The fourth-order valence-corrected chi connectivity index (χ4v) is 5.29. The van der Waals surface area contributed by atoms with Crippen molar-refractivity contribution in [1.82, 2.24) is 0 Å². The van der Waals surface area contributed by atoms with Gasteiger partial charge in [-0.05, 0) is 19.4 Å². The van der Waals surface area contributed by atoms with Crippen molar-refractivity contribution in [3.05, 3.63) is 23.1 Å². The van der Waals surface area contributed by atoms with Crippen molar-refractivity contribution in [1.29, 1.82) is 0 Å². The number of hydrogen-bond acceptors (Lipinski definition) is 3. The van der Waals surface area contributed by atoms with Gasteiger partial charge in [0.1, 0.15) is 12.4 Å². The Balaban J connectivity index is 3.10. The van der Waals surface area contributed by atoms with Crippen LogP contribution in [-0.2, 0) is 14.3 Å². The minimum absolute atomic E-state index is 0.243. The van der Waals surface area contributed by atoms with Gasteiger partial charge in [-0.2, -0.15) is 0 Å². The molecule has 0 heterocycles. The molecule has 0 amide bonds. The number of hydrogen-bond donors (Lipinski definition) is 0. The molecule has 0 N–H and O–H groups in total. The first-order chi connectivity index (χ1) is 8.21. The number of carbonyl (C=O) groups is 1. The van der Waals surface area contributed by atoms with Crippen LogP contribution in [-0.4, -0.2) is 27.8 Å². The van der Waals surface area contributed by atoms with Gasteiger partial charge in [-0.15, -0.1) is 0 Å². The highest BCUT2D eigenvalue weighted by Crippen LogP contribution is 2.43. The third kappa shape index (κ3) is 3.04. The maximum atomic E-state index is 11.1. The molecule has 102 valence electrons. The Kier molecular flexibility index (Phi) is 4.43. The molecule has 1 unspecified atom stereocenters. The Hall–Kier alpha value is -1.03. The molecule has 4 heteroatoms. The summed E-state index contributed by atoms with van der Waals surface area (Å²) >= 11 is 0. The Morgan fingerprint density at radius 2 is 2.00 bits per heavy atom. The summed E-state index contributed by atoms with van der Waals surface area (Å²) in [4.78, 5) is 11.1. The van der Waals surface area contributed by atoms with Crippen LogP contribution in [0, 0.1) is 5.41 Å². The van der Waals surface area contributed by atoms with E-state index in [1.54, 1.807) is 7.11 Å². The molecule has 1 rings (SSSR count). The fraction of sp³-hybridized carbons (Fsp3) is 0.643. The van der Waals surface area contributed by atoms with E-state index in [2.05, 4.69) is 38.7 Å². The molecule has 0 aromatic rings. The maximum absolute atomic E-state index is 11.1. The zero-order chi connectivity index (χ0) is 14.0. The summed E-state index contributed by atoms with van der Waals surface area (Å²) in [6.07, 6.45) is 5.25. The first-order valence-corrected chi connectivity index (χ1v) is 9.81. The molecule has 0 bridgehead atoms. The molecule has 0 radical (unpaired) electrons. The molecule has 18 heavy (non-hydrogen) atoms. The Labute approximate surface area is 111 Å². The number of rotatable bonds is 4. The molecular formula is C14H24O3Si. The summed E-state index contributed by atoms with van der Waals surface area (Å²) in [6.45, 7) is 10.8. The van der Waals surface area contributed by atoms with E-state index in [1.807, 2.05) is 0 Å². The second-order valence-corrected chi connectivity index (χ2v) is 11.0. The SMILES string of the molecule is COC1=CCC=C([Si](C)(C)C)C1(C)COC(C)=O. The number of allylic oxidation sites excluding steroid dienone is 2. The summed E-state index contributed by atoms with van der Waals surface area (Å²) in [6, 6.07) is 0. The van der Waals surface area contributed by atoms with Gasteiger partial charge < -0.3 is 9.47 Å². The van der Waals surface area contributed by atoms with E-state index in [0.29, 0.717) is 6.61 Å². The molecule has 1 aliphatic rings. The predicted molar refractivity (Wildman–Crippen MR) is 75.9 cm³/mol. The molecule has 0 fully saturated rings. The minimum Gasteiger partial charge on any atom is -0.500 e. The van der Waals surface area contributed by atoms with Crippen LogP contribution >= 0.6 is 0 Å². The van der Waals surface area contributed by atoms with Crippen LogP contribution in [0.15, 0.2) is 23.1 Å². The van der Waals surface area contributed by atoms with Crippen LogP contribution in [0.5, 0.6) is 0 Å². The highest BCUT2D eigenvalue weighted by Gasteiger charge is 2.42. The predicted octanol–water partition coefficient (Wildman–Crippen LogP) is 3.29. The van der Waals surface area contributed by atoms with Crippen LogP contribution in [0.4, 0.5) is 0 Å². The highest BCUT2D eigenvalue weighted by molar-refractivity contribution is 6.83. The third-order valence-electron chi connectivity index (χ3n) is 3.36. The van der Waals surface area contributed by atoms with Gasteiger partial charge in [0.05, 0.1) is 20.6 Å². The zero-order valence-electron chi connectivity index (χ0n) is 12.3. The quantitative estimate of drug-likeness (QED) is 0.580. The van der Waals surface area contributed by atoms with Crippen LogP contribution in [0.25, 0.3) is 0 Å². The van der Waals surface area contributed by atoms with Crippen molar-refractivity contribution in [2.45, 2.75) is 39.9 Å². The second-order valence-electron chi connectivity index (χ2n) is 5.99. The van der Waals surface area contributed by atoms with Gasteiger partial charge in [0, 0.05) is 6.92 Å². The van der Waals surface area contributed by atoms with Crippen molar-refractivity contribution >= 4 is 14.0 Å². The number of esters is 1. The van der Waals surface area contributed by atoms with Gasteiger partial charge in [-0.3, -0.25) is 4.79 Å². The van der Waals surface area contributed by atoms with Gasteiger partial charge in [-0.1, -0.05) is 30.9 Å². The lowest BCUT2D eigenvalue weighted by Crippen LogP contribution is -2.42. The normalized spacial score (nSPS) is 24.1. The topological polar surface area (TPSA) is 35.5 Å². The van der Waals surface area contributed by atoms with Crippen LogP contribution in [0.2, 0.25) is 19.6 Å². The summed E-state index contributed by atoms with van der Waals surface area (Å²) in [5.41, 5.74) is -0.302. The Morgan fingerprint density at radius 3 is 2.44 bits per heavy atom. The number of carbonyl (C=O) groups excluding carboxylic acids is 1. The molecule has 0 aliphatic heterocycles. The van der Waals surface area contributed by atoms with E-state index in [-0.39, 0.29) is 11.4 Å². The first-order valence-electron chi connectivity index (χ1n) is 6.31.